The molecule has 96 valence electrons. The smallest absolute Gasteiger partial charge is 0.191 e. The van der Waals surface area contributed by atoms with Crippen LogP contribution in [0.15, 0.2) is 11.2 Å². The highest BCUT2D eigenvalue weighted by atomic mass is 32.2. The van der Waals surface area contributed by atoms with Gasteiger partial charge in [0, 0.05) is 26.2 Å². The second-order valence-electron chi connectivity index (χ2n) is 3.28. The van der Waals surface area contributed by atoms with Crippen LogP contribution in [0.2, 0.25) is 0 Å². The average molecular weight is 258 g/mol. The summed E-state index contributed by atoms with van der Waals surface area (Å²) in [5, 5.41) is 21.6. The Morgan fingerprint density at radius 2 is 1.94 bits per heavy atom. The molecule has 0 aliphatic heterocycles. The van der Waals surface area contributed by atoms with E-state index in [0.717, 1.165) is 5.82 Å². The first-order chi connectivity index (χ1) is 8.24. The molecule has 0 atom stereocenters. The molecule has 0 radical (unpaired) electrons. The molecule has 17 heavy (non-hydrogen) atoms. The van der Waals surface area contributed by atoms with Crippen molar-refractivity contribution in [1.82, 2.24) is 9.97 Å². The highest BCUT2D eigenvalue weighted by Crippen LogP contribution is 2.19. The van der Waals surface area contributed by atoms with Gasteiger partial charge < -0.3 is 20.4 Å². The van der Waals surface area contributed by atoms with Crippen molar-refractivity contribution in [2.75, 3.05) is 49.8 Å². The Balaban J connectivity index is 2.99. The summed E-state index contributed by atoms with van der Waals surface area (Å²) in [6.07, 6.45) is 1.90. The number of nitrogens with one attached hydrogen (secondary N) is 1. The van der Waals surface area contributed by atoms with Gasteiger partial charge in [0.25, 0.3) is 0 Å². The van der Waals surface area contributed by atoms with Crippen molar-refractivity contribution in [3.63, 3.8) is 0 Å². The third-order valence-corrected chi connectivity index (χ3v) is 2.74. The van der Waals surface area contributed by atoms with Crippen LogP contribution in [-0.2, 0) is 0 Å². The maximum absolute atomic E-state index is 8.99. The average Bonchev–Trinajstić information content (AvgIpc) is 2.37. The maximum Gasteiger partial charge on any atom is 0.191 e. The molecule has 0 spiro atoms. The van der Waals surface area contributed by atoms with Crippen molar-refractivity contribution < 1.29 is 10.2 Å². The van der Waals surface area contributed by atoms with Crippen LogP contribution in [0.5, 0.6) is 0 Å². The molecule has 0 aliphatic rings. The van der Waals surface area contributed by atoms with Crippen LogP contribution in [0, 0.1) is 0 Å². The van der Waals surface area contributed by atoms with E-state index in [2.05, 4.69) is 15.3 Å². The number of aromatic nitrogens is 2. The second kappa shape index (κ2) is 7.31. The Hall–Kier alpha value is -1.05. The number of thioether (sulfide) groups is 1. The van der Waals surface area contributed by atoms with Crippen LogP contribution in [0.4, 0.5) is 11.6 Å². The van der Waals surface area contributed by atoms with E-state index in [1.54, 1.807) is 13.1 Å². The molecule has 3 N–H and O–H groups in total. The zero-order chi connectivity index (χ0) is 12.7. The van der Waals surface area contributed by atoms with Gasteiger partial charge >= 0.3 is 0 Å². The Morgan fingerprint density at radius 1 is 1.29 bits per heavy atom. The van der Waals surface area contributed by atoms with Gasteiger partial charge in [-0.2, -0.15) is 0 Å². The van der Waals surface area contributed by atoms with E-state index >= 15 is 0 Å². The third-order valence-electron chi connectivity index (χ3n) is 2.19. The summed E-state index contributed by atoms with van der Waals surface area (Å²) in [4.78, 5) is 10.4. The normalized spacial score (nSPS) is 10.4. The molecule has 1 aromatic heterocycles. The summed E-state index contributed by atoms with van der Waals surface area (Å²) < 4.78 is 0. The molecular formula is C10H18N4O2S. The number of aliphatic hydroxyl groups is 2. The number of aliphatic hydroxyl groups excluding tert-OH is 2. The second-order valence-corrected chi connectivity index (χ2v) is 4.06. The summed E-state index contributed by atoms with van der Waals surface area (Å²) >= 11 is 1.45. The summed E-state index contributed by atoms with van der Waals surface area (Å²) in [5.74, 6) is 1.43. The standard InChI is InChI=1S/C10H18N4O2S/c1-11-8-7-9(13-10(12-8)17-2)14(3-5-15)4-6-16/h7,15-16H,3-6H2,1-2H3,(H,11,12,13). The zero-order valence-corrected chi connectivity index (χ0v) is 10.9. The molecule has 0 aliphatic carbocycles. The van der Waals surface area contributed by atoms with E-state index in [0.29, 0.717) is 24.1 Å². The van der Waals surface area contributed by atoms with Gasteiger partial charge in [0.05, 0.1) is 13.2 Å². The topological polar surface area (TPSA) is 81.5 Å². The molecule has 1 heterocycles. The van der Waals surface area contributed by atoms with E-state index in [4.69, 9.17) is 10.2 Å². The van der Waals surface area contributed by atoms with Crippen molar-refractivity contribution in [2.45, 2.75) is 5.16 Å². The van der Waals surface area contributed by atoms with Crippen molar-refractivity contribution in [3.05, 3.63) is 6.07 Å². The van der Waals surface area contributed by atoms with Crippen LogP contribution >= 0.6 is 11.8 Å². The summed E-state index contributed by atoms with van der Waals surface area (Å²) in [5.41, 5.74) is 0. The van der Waals surface area contributed by atoms with Gasteiger partial charge in [-0.05, 0) is 6.26 Å². The fourth-order valence-corrected chi connectivity index (χ4v) is 1.75. The van der Waals surface area contributed by atoms with Gasteiger partial charge in [-0.25, -0.2) is 9.97 Å². The Bertz CT molecular complexity index is 323. The van der Waals surface area contributed by atoms with Gasteiger partial charge in [0.2, 0.25) is 0 Å². The minimum atomic E-state index is 0.0213. The number of nitrogens with zero attached hydrogens (tertiary/aromatic N) is 3. The first-order valence-electron chi connectivity index (χ1n) is 5.32. The van der Waals surface area contributed by atoms with Crippen LogP contribution in [-0.4, -0.2) is 59.8 Å². The van der Waals surface area contributed by atoms with E-state index in [9.17, 15) is 0 Å². The van der Waals surface area contributed by atoms with Gasteiger partial charge in [-0.3, -0.25) is 0 Å². The predicted molar refractivity (Wildman–Crippen MR) is 69.7 cm³/mol. The molecule has 0 bridgehead atoms. The lowest BCUT2D eigenvalue weighted by Crippen LogP contribution is -2.30. The number of rotatable bonds is 7. The number of hydrogen-bond acceptors (Lipinski definition) is 7. The largest absolute Gasteiger partial charge is 0.395 e. The minimum absolute atomic E-state index is 0.0213. The maximum atomic E-state index is 8.99. The molecule has 1 aromatic rings. The molecule has 0 unspecified atom stereocenters. The predicted octanol–water partition coefficient (Wildman–Crippen LogP) is 0.0312. The molecule has 0 saturated carbocycles. The van der Waals surface area contributed by atoms with Crippen molar-refractivity contribution in [2.24, 2.45) is 0 Å². The summed E-state index contributed by atoms with van der Waals surface area (Å²) in [6, 6.07) is 1.80. The minimum Gasteiger partial charge on any atom is -0.395 e. The molecule has 0 amide bonds. The highest BCUT2D eigenvalue weighted by molar-refractivity contribution is 7.98. The molecular weight excluding hydrogens is 240 g/mol. The molecule has 1 rings (SSSR count). The van der Waals surface area contributed by atoms with E-state index < -0.39 is 0 Å². The lowest BCUT2D eigenvalue weighted by atomic mass is 10.4. The van der Waals surface area contributed by atoms with E-state index in [-0.39, 0.29) is 13.2 Å². The van der Waals surface area contributed by atoms with Crippen molar-refractivity contribution >= 4 is 23.4 Å². The van der Waals surface area contributed by atoms with Crippen molar-refractivity contribution in [1.29, 1.82) is 0 Å². The lowest BCUT2D eigenvalue weighted by Gasteiger charge is -2.22. The molecule has 7 heteroatoms. The van der Waals surface area contributed by atoms with Crippen LogP contribution < -0.4 is 10.2 Å². The fourth-order valence-electron chi connectivity index (χ4n) is 1.38. The SMILES string of the molecule is CNc1cc(N(CCO)CCO)nc(SC)n1. The third kappa shape index (κ3) is 4.03. The summed E-state index contributed by atoms with van der Waals surface area (Å²) in [7, 11) is 1.79. The van der Waals surface area contributed by atoms with E-state index in [1.807, 2.05) is 11.2 Å². The van der Waals surface area contributed by atoms with Crippen LogP contribution in [0.1, 0.15) is 0 Å². The van der Waals surface area contributed by atoms with Crippen molar-refractivity contribution in [3.8, 4) is 0 Å². The van der Waals surface area contributed by atoms with Crippen LogP contribution in [0.3, 0.4) is 0 Å². The molecule has 0 aromatic carbocycles. The Morgan fingerprint density at radius 3 is 2.41 bits per heavy atom. The van der Waals surface area contributed by atoms with Gasteiger partial charge in [0.15, 0.2) is 5.16 Å². The first-order valence-corrected chi connectivity index (χ1v) is 6.55. The Kier molecular flexibility index (Phi) is 6.03. The first kappa shape index (κ1) is 14.0. The van der Waals surface area contributed by atoms with Gasteiger partial charge in [0.1, 0.15) is 11.6 Å². The number of anilines is 2. The quantitative estimate of drug-likeness (QED) is 0.470. The fraction of sp³-hybridized carbons (Fsp3) is 0.600. The van der Waals surface area contributed by atoms with Crippen LogP contribution in [0.25, 0.3) is 0 Å². The molecule has 0 fully saturated rings. The van der Waals surface area contributed by atoms with E-state index in [1.165, 1.54) is 11.8 Å². The monoisotopic (exact) mass is 258 g/mol. The number of hydrogen-bond donors (Lipinski definition) is 3. The van der Waals surface area contributed by atoms with Gasteiger partial charge in [-0.1, -0.05) is 11.8 Å². The highest BCUT2D eigenvalue weighted by Gasteiger charge is 2.10. The summed E-state index contributed by atoms with van der Waals surface area (Å²) in [6.45, 7) is 0.921. The molecule has 0 saturated heterocycles. The Labute approximate surface area is 105 Å². The van der Waals surface area contributed by atoms with Gasteiger partial charge in [-0.15, -0.1) is 0 Å². The lowest BCUT2D eigenvalue weighted by molar-refractivity contribution is 0.280. The molecule has 6 nitrogen and oxygen atoms in total. The zero-order valence-electron chi connectivity index (χ0n) is 10.1.